The van der Waals surface area contributed by atoms with Gasteiger partial charge < -0.3 is 5.11 Å². The zero-order valence-corrected chi connectivity index (χ0v) is 8.14. The molecule has 0 fully saturated rings. The molecule has 1 aromatic carbocycles. The summed E-state index contributed by atoms with van der Waals surface area (Å²) in [5, 5.41) is 9.18. The summed E-state index contributed by atoms with van der Waals surface area (Å²) >= 11 is 0. The number of carbonyl (C=O) groups is 1. The maximum Gasteiger partial charge on any atom is 0.420 e. The Labute approximate surface area is 84.3 Å². The highest BCUT2D eigenvalue weighted by Gasteiger charge is 2.36. The van der Waals surface area contributed by atoms with Crippen LogP contribution in [0.2, 0.25) is 0 Å². The molecule has 0 heterocycles. The molecule has 0 atom stereocenters. The number of Topliss-reactive ketones (excluding diaryl/α,β-unsaturated/α-hetero) is 1. The van der Waals surface area contributed by atoms with Crippen LogP contribution in [0.5, 0.6) is 5.75 Å². The van der Waals surface area contributed by atoms with Crippen LogP contribution >= 0.6 is 0 Å². The molecule has 1 N–H and O–H groups in total. The first kappa shape index (κ1) is 11.6. The van der Waals surface area contributed by atoms with Crippen molar-refractivity contribution in [2.45, 2.75) is 20.0 Å². The number of aryl methyl sites for hydroxylation is 1. The van der Waals surface area contributed by atoms with Gasteiger partial charge in [-0.2, -0.15) is 13.2 Å². The first-order chi connectivity index (χ1) is 6.73. The molecule has 15 heavy (non-hydrogen) atoms. The maximum atomic E-state index is 12.4. The monoisotopic (exact) mass is 218 g/mol. The van der Waals surface area contributed by atoms with Crippen LogP contribution in [0.4, 0.5) is 13.2 Å². The summed E-state index contributed by atoms with van der Waals surface area (Å²) in [6.07, 6.45) is -4.61. The van der Waals surface area contributed by atoms with Gasteiger partial charge >= 0.3 is 6.18 Å². The summed E-state index contributed by atoms with van der Waals surface area (Å²) < 4.78 is 37.2. The van der Waals surface area contributed by atoms with E-state index in [0.29, 0.717) is 0 Å². The number of hydrogen-bond acceptors (Lipinski definition) is 2. The third-order valence-corrected chi connectivity index (χ3v) is 2.00. The molecule has 0 radical (unpaired) electrons. The topological polar surface area (TPSA) is 37.3 Å². The highest BCUT2D eigenvalue weighted by Crippen LogP contribution is 2.38. The summed E-state index contributed by atoms with van der Waals surface area (Å²) in [6, 6.07) is 1.95. The summed E-state index contributed by atoms with van der Waals surface area (Å²) in [5.74, 6) is -1.30. The lowest BCUT2D eigenvalue weighted by atomic mass is 10.0. The molecule has 2 nitrogen and oxygen atoms in total. The number of phenolic OH excluding ortho intramolecular Hbond substituents is 1. The second-order valence-electron chi connectivity index (χ2n) is 3.24. The zero-order chi connectivity index (χ0) is 11.8. The minimum absolute atomic E-state index is 0.0676. The van der Waals surface area contributed by atoms with Crippen LogP contribution in [0.25, 0.3) is 0 Å². The number of alkyl halides is 3. The Morgan fingerprint density at radius 2 is 1.87 bits per heavy atom. The van der Waals surface area contributed by atoms with Gasteiger partial charge in [0.1, 0.15) is 11.3 Å². The van der Waals surface area contributed by atoms with Gasteiger partial charge in [-0.3, -0.25) is 4.79 Å². The lowest BCUT2D eigenvalue weighted by Gasteiger charge is -2.12. The third kappa shape index (κ3) is 2.29. The average molecular weight is 218 g/mol. The van der Waals surface area contributed by atoms with E-state index in [2.05, 4.69) is 0 Å². The van der Waals surface area contributed by atoms with E-state index < -0.39 is 17.5 Å². The zero-order valence-electron chi connectivity index (χ0n) is 8.14. The van der Waals surface area contributed by atoms with Crippen LogP contribution in [-0.4, -0.2) is 10.9 Å². The van der Waals surface area contributed by atoms with Gasteiger partial charge in [0.2, 0.25) is 0 Å². The Morgan fingerprint density at radius 3 is 2.20 bits per heavy atom. The van der Waals surface area contributed by atoms with Crippen molar-refractivity contribution in [2.75, 3.05) is 0 Å². The van der Waals surface area contributed by atoms with E-state index in [1.165, 1.54) is 13.8 Å². The maximum absolute atomic E-state index is 12.4. The standard InChI is InChI=1S/C10H9F3O2/c1-5-3-7(6(2)14)4-8(15)9(5)10(11,12)13/h3-4,15H,1-2H3. The normalized spacial score (nSPS) is 11.5. The fourth-order valence-corrected chi connectivity index (χ4v) is 1.34. The van der Waals surface area contributed by atoms with Gasteiger partial charge in [0.25, 0.3) is 0 Å². The van der Waals surface area contributed by atoms with E-state index in [-0.39, 0.29) is 16.9 Å². The highest BCUT2D eigenvalue weighted by atomic mass is 19.4. The first-order valence-corrected chi connectivity index (χ1v) is 4.15. The number of rotatable bonds is 1. The largest absolute Gasteiger partial charge is 0.507 e. The number of carbonyl (C=O) groups excluding carboxylic acids is 1. The molecule has 0 spiro atoms. The summed E-state index contributed by atoms with van der Waals surface area (Å²) in [4.78, 5) is 10.9. The van der Waals surface area contributed by atoms with Crippen molar-refractivity contribution in [3.8, 4) is 5.75 Å². The molecule has 0 aliphatic rings. The van der Waals surface area contributed by atoms with Crippen LogP contribution in [0, 0.1) is 6.92 Å². The van der Waals surface area contributed by atoms with E-state index in [1.54, 1.807) is 0 Å². The smallest absolute Gasteiger partial charge is 0.420 e. The van der Waals surface area contributed by atoms with Gasteiger partial charge in [-0.25, -0.2) is 0 Å². The number of phenols is 1. The van der Waals surface area contributed by atoms with E-state index in [0.717, 1.165) is 12.1 Å². The Balaban J connectivity index is 3.41. The summed E-state index contributed by atoms with van der Waals surface area (Å²) in [6.45, 7) is 2.43. The molecule has 0 unspecified atom stereocenters. The predicted molar refractivity (Wildman–Crippen MR) is 47.9 cm³/mol. The number of aromatic hydroxyl groups is 1. The van der Waals surface area contributed by atoms with E-state index in [4.69, 9.17) is 0 Å². The van der Waals surface area contributed by atoms with E-state index in [1.807, 2.05) is 0 Å². The van der Waals surface area contributed by atoms with Crippen LogP contribution < -0.4 is 0 Å². The lowest BCUT2D eigenvalue weighted by Crippen LogP contribution is -2.09. The average Bonchev–Trinajstić information content (AvgIpc) is 1.99. The third-order valence-electron chi connectivity index (χ3n) is 2.00. The first-order valence-electron chi connectivity index (χ1n) is 4.15. The number of hydrogen-bond donors (Lipinski definition) is 1. The van der Waals surface area contributed by atoms with Crippen molar-refractivity contribution in [3.05, 3.63) is 28.8 Å². The molecule has 0 amide bonds. The van der Waals surface area contributed by atoms with Crippen molar-refractivity contribution >= 4 is 5.78 Å². The van der Waals surface area contributed by atoms with Gasteiger partial charge in [-0.05, 0) is 31.5 Å². The summed E-state index contributed by atoms with van der Waals surface area (Å²) in [5.41, 5.74) is -1.18. The molecule has 1 rings (SSSR count). The minimum Gasteiger partial charge on any atom is -0.507 e. The van der Waals surface area contributed by atoms with Crippen LogP contribution in [0.3, 0.4) is 0 Å². The van der Waals surface area contributed by atoms with Crippen molar-refractivity contribution in [2.24, 2.45) is 0 Å². The van der Waals surface area contributed by atoms with Crippen molar-refractivity contribution in [1.82, 2.24) is 0 Å². The van der Waals surface area contributed by atoms with E-state index >= 15 is 0 Å². The molecule has 5 heteroatoms. The van der Waals surface area contributed by atoms with Crippen LogP contribution in [0.15, 0.2) is 12.1 Å². The summed E-state index contributed by atoms with van der Waals surface area (Å²) in [7, 11) is 0. The number of halogens is 3. The van der Waals surface area contributed by atoms with Crippen LogP contribution in [0.1, 0.15) is 28.4 Å². The van der Waals surface area contributed by atoms with Crippen molar-refractivity contribution in [3.63, 3.8) is 0 Å². The Kier molecular flexibility index (Phi) is 2.75. The molecule has 0 aliphatic carbocycles. The predicted octanol–water partition coefficient (Wildman–Crippen LogP) is 2.92. The molecule has 0 saturated heterocycles. The van der Waals surface area contributed by atoms with Crippen molar-refractivity contribution in [1.29, 1.82) is 0 Å². The Morgan fingerprint density at radius 1 is 1.33 bits per heavy atom. The fourth-order valence-electron chi connectivity index (χ4n) is 1.34. The molecule has 0 aliphatic heterocycles. The molecule has 82 valence electrons. The second-order valence-corrected chi connectivity index (χ2v) is 3.24. The lowest BCUT2D eigenvalue weighted by molar-refractivity contribution is -0.139. The van der Waals surface area contributed by atoms with E-state index in [9.17, 15) is 23.1 Å². The Hall–Kier alpha value is -1.52. The molecule has 0 bridgehead atoms. The van der Waals surface area contributed by atoms with Gasteiger partial charge in [-0.15, -0.1) is 0 Å². The molecule has 1 aromatic rings. The van der Waals surface area contributed by atoms with Gasteiger partial charge in [0, 0.05) is 5.56 Å². The number of benzene rings is 1. The number of ketones is 1. The SMILES string of the molecule is CC(=O)c1cc(C)c(C(F)(F)F)c(O)c1. The molecule has 0 saturated carbocycles. The molecular weight excluding hydrogens is 209 g/mol. The Bertz CT molecular complexity index is 385. The highest BCUT2D eigenvalue weighted by molar-refractivity contribution is 5.94. The molecule has 0 aromatic heterocycles. The minimum atomic E-state index is -4.61. The fraction of sp³-hybridized carbons (Fsp3) is 0.300. The van der Waals surface area contributed by atoms with Gasteiger partial charge in [0.05, 0.1) is 0 Å². The quantitative estimate of drug-likeness (QED) is 0.736. The van der Waals surface area contributed by atoms with Crippen LogP contribution in [-0.2, 0) is 6.18 Å². The van der Waals surface area contributed by atoms with Gasteiger partial charge in [0.15, 0.2) is 5.78 Å². The second kappa shape index (κ2) is 3.56. The molecular formula is C10H9F3O2. The van der Waals surface area contributed by atoms with Crippen molar-refractivity contribution < 1.29 is 23.1 Å². The van der Waals surface area contributed by atoms with Gasteiger partial charge in [-0.1, -0.05) is 0 Å².